The van der Waals surface area contributed by atoms with Gasteiger partial charge in [-0.25, -0.2) is 0 Å². The molecule has 0 spiro atoms. The summed E-state index contributed by atoms with van der Waals surface area (Å²) in [5, 5.41) is 19.1. The van der Waals surface area contributed by atoms with E-state index in [-0.39, 0.29) is 6.61 Å². The van der Waals surface area contributed by atoms with Gasteiger partial charge in [0.25, 0.3) is 0 Å². The molecule has 120 valence electrons. The zero-order valence-electron chi connectivity index (χ0n) is 13.0. The van der Waals surface area contributed by atoms with Gasteiger partial charge in [0.15, 0.2) is 0 Å². The van der Waals surface area contributed by atoms with Gasteiger partial charge in [0.2, 0.25) is 0 Å². The van der Waals surface area contributed by atoms with Crippen LogP contribution >= 0.6 is 11.6 Å². The zero-order chi connectivity index (χ0) is 15.9. The topological polar surface area (TPSA) is 56.5 Å². The smallest absolute Gasteiger partial charge is 0.0992 e. The molecule has 1 heterocycles. The van der Waals surface area contributed by atoms with Crippen molar-refractivity contribution in [2.75, 3.05) is 39.5 Å². The predicted octanol–water partition coefficient (Wildman–Crippen LogP) is 2.33. The Morgan fingerprint density at radius 2 is 2.14 bits per heavy atom. The van der Waals surface area contributed by atoms with Crippen LogP contribution < -0.4 is 0 Å². The van der Waals surface area contributed by atoms with E-state index < -0.39 is 0 Å². The third-order valence-corrected chi connectivity index (χ3v) is 4.44. The fourth-order valence-corrected chi connectivity index (χ4v) is 3.29. The minimum Gasteiger partial charge on any atom is -0.396 e. The number of rotatable bonds is 7. The maximum atomic E-state index is 9.51. The molecule has 4 nitrogen and oxygen atoms in total. The van der Waals surface area contributed by atoms with Gasteiger partial charge in [0.05, 0.1) is 18.2 Å². The van der Waals surface area contributed by atoms with E-state index in [1.54, 1.807) is 6.07 Å². The number of likely N-dealkylation sites (tertiary alicyclic amines) is 1. The van der Waals surface area contributed by atoms with Gasteiger partial charge in [-0.15, -0.1) is 0 Å². The van der Waals surface area contributed by atoms with Gasteiger partial charge < -0.3 is 14.7 Å². The molecule has 2 unspecified atom stereocenters. The number of ether oxygens (including phenoxy) is 1. The number of nitriles is 1. The Kier molecular flexibility index (Phi) is 6.66. The summed E-state index contributed by atoms with van der Waals surface area (Å²) in [6, 6.07) is 7.62. The van der Waals surface area contributed by atoms with E-state index in [4.69, 9.17) is 21.6 Å². The number of halogens is 1. The normalized spacial score (nSPS) is 21.9. The number of hydrogen-bond acceptors (Lipinski definition) is 4. The second kappa shape index (κ2) is 8.50. The highest BCUT2D eigenvalue weighted by molar-refractivity contribution is 6.30. The minimum atomic E-state index is 0.212. The van der Waals surface area contributed by atoms with Crippen LogP contribution in [-0.4, -0.2) is 49.5 Å². The lowest BCUT2D eigenvalue weighted by Gasteiger charge is -2.16. The van der Waals surface area contributed by atoms with Crippen LogP contribution in [-0.2, 0) is 11.2 Å². The molecule has 0 aliphatic carbocycles. The second-order valence-electron chi connectivity index (χ2n) is 5.83. The van der Waals surface area contributed by atoms with Gasteiger partial charge in [0.1, 0.15) is 0 Å². The summed E-state index contributed by atoms with van der Waals surface area (Å²) in [6.45, 7) is 6.40. The summed E-state index contributed by atoms with van der Waals surface area (Å²) in [4.78, 5) is 2.36. The first-order valence-corrected chi connectivity index (χ1v) is 8.14. The first kappa shape index (κ1) is 17.2. The maximum Gasteiger partial charge on any atom is 0.0992 e. The molecule has 0 bridgehead atoms. The van der Waals surface area contributed by atoms with Crippen molar-refractivity contribution in [3.05, 3.63) is 34.3 Å². The van der Waals surface area contributed by atoms with Gasteiger partial charge in [0, 0.05) is 49.7 Å². The summed E-state index contributed by atoms with van der Waals surface area (Å²) >= 11 is 6.04. The van der Waals surface area contributed by atoms with Crippen molar-refractivity contribution < 1.29 is 9.84 Å². The lowest BCUT2D eigenvalue weighted by atomic mass is 9.98. The van der Waals surface area contributed by atoms with E-state index in [2.05, 4.69) is 11.0 Å². The number of hydrogen-bond donors (Lipinski definition) is 1. The van der Waals surface area contributed by atoms with Gasteiger partial charge in [-0.2, -0.15) is 5.26 Å². The van der Waals surface area contributed by atoms with Crippen molar-refractivity contribution in [3.63, 3.8) is 0 Å². The molecule has 2 atom stereocenters. The Balaban J connectivity index is 1.89. The van der Waals surface area contributed by atoms with Crippen molar-refractivity contribution >= 4 is 11.6 Å². The number of aliphatic hydroxyl groups is 1. The summed E-state index contributed by atoms with van der Waals surface area (Å²) in [5.41, 5.74) is 1.68. The zero-order valence-corrected chi connectivity index (χ0v) is 13.7. The Morgan fingerprint density at radius 1 is 1.36 bits per heavy atom. The second-order valence-corrected chi connectivity index (χ2v) is 6.27. The molecule has 1 fully saturated rings. The minimum absolute atomic E-state index is 0.212. The average Bonchev–Trinajstić information content (AvgIpc) is 2.92. The summed E-state index contributed by atoms with van der Waals surface area (Å²) < 4.78 is 5.52. The monoisotopic (exact) mass is 322 g/mol. The molecule has 1 aromatic rings. The van der Waals surface area contributed by atoms with Crippen molar-refractivity contribution in [2.45, 2.75) is 13.3 Å². The van der Waals surface area contributed by atoms with Crippen LogP contribution in [0.5, 0.6) is 0 Å². The molecule has 5 heteroatoms. The number of aliphatic hydroxyl groups excluding tert-OH is 1. The van der Waals surface area contributed by atoms with Crippen molar-refractivity contribution in [1.29, 1.82) is 5.26 Å². The third kappa shape index (κ3) is 4.69. The quantitative estimate of drug-likeness (QED) is 0.837. The lowest BCUT2D eigenvalue weighted by Crippen LogP contribution is -2.24. The molecular weight excluding hydrogens is 300 g/mol. The highest BCUT2D eigenvalue weighted by atomic mass is 35.5. The van der Waals surface area contributed by atoms with Crippen molar-refractivity contribution in [2.24, 2.45) is 11.8 Å². The SMILES string of the molecule is CCOCC1CN(CCc2cc(Cl)cc(C#N)c2)CC1CO. The van der Waals surface area contributed by atoms with Crippen molar-refractivity contribution in [1.82, 2.24) is 4.90 Å². The summed E-state index contributed by atoms with van der Waals surface area (Å²) in [5.74, 6) is 0.694. The van der Waals surface area contributed by atoms with Crippen LogP contribution in [0.1, 0.15) is 18.1 Å². The Hall–Kier alpha value is -1.12. The molecule has 2 rings (SSSR count). The lowest BCUT2D eigenvalue weighted by molar-refractivity contribution is 0.0847. The number of nitrogens with zero attached hydrogens (tertiary/aromatic N) is 2. The van der Waals surface area contributed by atoms with Gasteiger partial charge in [-0.1, -0.05) is 11.6 Å². The largest absolute Gasteiger partial charge is 0.396 e. The van der Waals surface area contributed by atoms with Gasteiger partial charge in [-0.05, 0) is 37.1 Å². The average molecular weight is 323 g/mol. The molecule has 1 aromatic carbocycles. The van der Waals surface area contributed by atoms with Crippen LogP contribution in [0.4, 0.5) is 0 Å². The van der Waals surface area contributed by atoms with Gasteiger partial charge in [-0.3, -0.25) is 0 Å². The predicted molar refractivity (Wildman–Crippen MR) is 86.9 cm³/mol. The van der Waals surface area contributed by atoms with E-state index in [9.17, 15) is 5.11 Å². The Bertz CT molecular complexity index is 530. The first-order chi connectivity index (χ1) is 10.7. The molecule has 0 saturated carbocycles. The first-order valence-electron chi connectivity index (χ1n) is 7.76. The molecule has 22 heavy (non-hydrogen) atoms. The highest BCUT2D eigenvalue weighted by Gasteiger charge is 2.31. The molecule has 0 radical (unpaired) electrons. The molecule has 1 aliphatic heterocycles. The third-order valence-electron chi connectivity index (χ3n) is 4.23. The van der Waals surface area contributed by atoms with Crippen LogP contribution in [0.25, 0.3) is 0 Å². The fourth-order valence-electron chi connectivity index (χ4n) is 3.03. The van der Waals surface area contributed by atoms with E-state index in [1.165, 1.54) is 0 Å². The van der Waals surface area contributed by atoms with Crippen LogP contribution in [0.3, 0.4) is 0 Å². The van der Waals surface area contributed by atoms with Gasteiger partial charge >= 0.3 is 0 Å². The standard InChI is InChI=1S/C17H23ClN2O2/c1-2-22-12-16-10-20(9-15(16)11-21)4-3-13-5-14(8-19)7-17(18)6-13/h5-7,15-16,21H,2-4,9-12H2,1H3. The maximum absolute atomic E-state index is 9.51. The Labute approximate surface area is 137 Å². The van der Waals surface area contributed by atoms with E-state index >= 15 is 0 Å². The van der Waals surface area contributed by atoms with E-state index in [1.807, 2.05) is 19.1 Å². The highest BCUT2D eigenvalue weighted by Crippen LogP contribution is 2.24. The molecule has 1 saturated heterocycles. The van der Waals surface area contributed by atoms with E-state index in [0.29, 0.717) is 35.6 Å². The van der Waals surface area contributed by atoms with Crippen LogP contribution in [0.15, 0.2) is 18.2 Å². The molecule has 1 N–H and O–H groups in total. The molecule has 0 aromatic heterocycles. The molecule has 0 amide bonds. The van der Waals surface area contributed by atoms with Crippen molar-refractivity contribution in [3.8, 4) is 6.07 Å². The number of benzene rings is 1. The summed E-state index contributed by atoms with van der Waals surface area (Å²) in [6.07, 6.45) is 0.856. The molecule has 1 aliphatic rings. The fraction of sp³-hybridized carbons (Fsp3) is 0.588. The van der Waals surface area contributed by atoms with E-state index in [0.717, 1.165) is 31.6 Å². The van der Waals surface area contributed by atoms with Crippen LogP contribution in [0, 0.1) is 23.2 Å². The summed E-state index contributed by atoms with van der Waals surface area (Å²) in [7, 11) is 0. The Morgan fingerprint density at radius 3 is 2.82 bits per heavy atom. The van der Waals surface area contributed by atoms with Crippen LogP contribution in [0.2, 0.25) is 5.02 Å². The molecular formula is C17H23ClN2O2.